The van der Waals surface area contributed by atoms with E-state index < -0.39 is 0 Å². The molecule has 4 heteroatoms. The summed E-state index contributed by atoms with van der Waals surface area (Å²) in [7, 11) is 0. The zero-order chi connectivity index (χ0) is 18.2. The smallest absolute Gasteiger partial charge is 0.243 e. The molecule has 1 atom stereocenters. The first kappa shape index (κ1) is 17.2. The van der Waals surface area contributed by atoms with Crippen LogP contribution in [0, 0.1) is 6.92 Å². The van der Waals surface area contributed by atoms with Gasteiger partial charge in [0.05, 0.1) is 11.0 Å². The molecule has 0 aliphatic carbocycles. The van der Waals surface area contributed by atoms with Crippen molar-refractivity contribution in [2.24, 2.45) is 0 Å². The van der Waals surface area contributed by atoms with Gasteiger partial charge in [0, 0.05) is 11.1 Å². The molecule has 4 nitrogen and oxygen atoms in total. The Bertz CT molecular complexity index is 901. The molecule has 0 saturated heterocycles. The predicted molar refractivity (Wildman–Crippen MR) is 103 cm³/mol. The topological polar surface area (TPSA) is 46.9 Å². The number of aromatic nitrogens is 2. The van der Waals surface area contributed by atoms with Crippen LogP contribution in [-0.2, 0) is 4.79 Å². The summed E-state index contributed by atoms with van der Waals surface area (Å²) in [5.41, 5.74) is 3.80. The first-order valence-corrected chi connectivity index (χ1v) is 8.62. The minimum atomic E-state index is -0.358. The molecule has 1 aromatic heterocycles. The van der Waals surface area contributed by atoms with Gasteiger partial charge in [-0.1, -0.05) is 42.0 Å². The highest BCUT2D eigenvalue weighted by Gasteiger charge is 2.25. The second-order valence-corrected chi connectivity index (χ2v) is 7.58. The second-order valence-electron chi connectivity index (χ2n) is 7.58. The van der Waals surface area contributed by atoms with Crippen molar-refractivity contribution in [1.82, 2.24) is 14.9 Å². The molecule has 2 aromatic carbocycles. The quantitative estimate of drug-likeness (QED) is 0.767. The van der Waals surface area contributed by atoms with Gasteiger partial charge in [-0.05, 0) is 46.8 Å². The number of aryl methyl sites for hydroxylation is 1. The number of carbonyl (C=O) groups excluding carboxylic acids is 1. The molecule has 3 aromatic rings. The van der Waals surface area contributed by atoms with E-state index in [1.54, 1.807) is 0 Å². The van der Waals surface area contributed by atoms with E-state index >= 15 is 0 Å². The summed E-state index contributed by atoms with van der Waals surface area (Å²) in [5.74, 6) is 0.807. The number of benzene rings is 2. The van der Waals surface area contributed by atoms with Crippen LogP contribution in [0.4, 0.5) is 0 Å². The van der Waals surface area contributed by atoms with Crippen molar-refractivity contribution in [2.75, 3.05) is 0 Å². The minimum Gasteiger partial charge on any atom is -0.350 e. The van der Waals surface area contributed by atoms with Crippen LogP contribution in [0.25, 0.3) is 22.4 Å². The van der Waals surface area contributed by atoms with Gasteiger partial charge >= 0.3 is 0 Å². The number of carbonyl (C=O) groups is 1. The van der Waals surface area contributed by atoms with Crippen LogP contribution in [0.5, 0.6) is 0 Å². The number of hydrogen-bond donors (Lipinski definition) is 1. The molecule has 130 valence electrons. The van der Waals surface area contributed by atoms with Crippen molar-refractivity contribution < 1.29 is 4.79 Å². The van der Waals surface area contributed by atoms with Crippen molar-refractivity contribution >= 4 is 16.9 Å². The number of nitrogens with one attached hydrogen (secondary N) is 1. The van der Waals surface area contributed by atoms with E-state index in [0.717, 1.165) is 22.4 Å². The second kappa shape index (κ2) is 6.36. The number of fused-ring (bicyclic) bond motifs is 1. The van der Waals surface area contributed by atoms with E-state index in [-0.39, 0.29) is 17.5 Å². The van der Waals surface area contributed by atoms with Crippen molar-refractivity contribution in [1.29, 1.82) is 0 Å². The third-order valence-electron chi connectivity index (χ3n) is 4.17. The van der Waals surface area contributed by atoms with Crippen LogP contribution in [0.2, 0.25) is 0 Å². The number of rotatable bonds is 3. The standard InChI is InChI=1S/C21H25N3O/c1-14-10-12-16(13-11-14)19-22-17-8-6-7-9-18(17)24(19)15(2)20(25)23-21(3,4)5/h6-13,15H,1-5H3,(H,23,25). The van der Waals surface area contributed by atoms with Gasteiger partial charge in [0.2, 0.25) is 5.91 Å². The van der Waals surface area contributed by atoms with Gasteiger partial charge < -0.3 is 9.88 Å². The molecule has 1 unspecified atom stereocenters. The molecule has 0 aliphatic heterocycles. The lowest BCUT2D eigenvalue weighted by molar-refractivity contribution is -0.125. The van der Waals surface area contributed by atoms with Crippen LogP contribution in [0.15, 0.2) is 48.5 Å². The summed E-state index contributed by atoms with van der Waals surface area (Å²) in [6.45, 7) is 9.96. The number of para-hydroxylation sites is 2. The zero-order valence-electron chi connectivity index (χ0n) is 15.5. The fourth-order valence-corrected chi connectivity index (χ4v) is 2.93. The molecular formula is C21H25N3O. The highest BCUT2D eigenvalue weighted by Crippen LogP contribution is 2.29. The van der Waals surface area contributed by atoms with Gasteiger partial charge in [-0.15, -0.1) is 0 Å². The van der Waals surface area contributed by atoms with E-state index in [9.17, 15) is 4.79 Å². The number of amides is 1. The van der Waals surface area contributed by atoms with Gasteiger partial charge in [0.15, 0.2) is 0 Å². The van der Waals surface area contributed by atoms with Gasteiger partial charge in [-0.2, -0.15) is 0 Å². The lowest BCUT2D eigenvalue weighted by Crippen LogP contribution is -2.43. The Balaban J connectivity index is 2.13. The van der Waals surface area contributed by atoms with Crippen molar-refractivity contribution in [3.8, 4) is 11.4 Å². The monoisotopic (exact) mass is 335 g/mol. The lowest BCUT2D eigenvalue weighted by atomic mass is 10.1. The molecule has 1 amide bonds. The molecular weight excluding hydrogens is 310 g/mol. The number of imidazole rings is 1. The first-order chi connectivity index (χ1) is 11.8. The maximum Gasteiger partial charge on any atom is 0.243 e. The average molecular weight is 335 g/mol. The maximum absolute atomic E-state index is 12.8. The van der Waals surface area contributed by atoms with Gasteiger partial charge in [0.25, 0.3) is 0 Å². The summed E-state index contributed by atoms with van der Waals surface area (Å²) < 4.78 is 2.03. The molecule has 0 aliphatic rings. The Morgan fingerprint density at radius 2 is 1.72 bits per heavy atom. The van der Waals surface area contributed by atoms with E-state index in [2.05, 4.69) is 36.5 Å². The normalized spacial score (nSPS) is 13.0. The first-order valence-electron chi connectivity index (χ1n) is 8.62. The molecule has 0 radical (unpaired) electrons. The van der Waals surface area contributed by atoms with E-state index in [0.29, 0.717) is 0 Å². The number of nitrogens with zero attached hydrogens (tertiary/aromatic N) is 2. The molecule has 1 N–H and O–H groups in total. The van der Waals surface area contributed by atoms with Gasteiger partial charge in [-0.3, -0.25) is 4.79 Å². The summed E-state index contributed by atoms with van der Waals surface area (Å²) >= 11 is 0. The van der Waals surface area contributed by atoms with Crippen molar-refractivity contribution in [3.05, 3.63) is 54.1 Å². The highest BCUT2D eigenvalue weighted by atomic mass is 16.2. The fourth-order valence-electron chi connectivity index (χ4n) is 2.93. The molecule has 0 bridgehead atoms. The van der Waals surface area contributed by atoms with Gasteiger partial charge in [-0.25, -0.2) is 4.98 Å². The van der Waals surface area contributed by atoms with E-state index in [1.807, 2.05) is 56.5 Å². The third kappa shape index (κ3) is 3.58. The predicted octanol–water partition coefficient (Wildman–Crippen LogP) is 4.49. The van der Waals surface area contributed by atoms with Crippen LogP contribution in [0.3, 0.4) is 0 Å². The zero-order valence-corrected chi connectivity index (χ0v) is 15.5. The highest BCUT2D eigenvalue weighted by molar-refractivity contribution is 5.87. The largest absolute Gasteiger partial charge is 0.350 e. The summed E-state index contributed by atoms with van der Waals surface area (Å²) in [5, 5.41) is 3.07. The van der Waals surface area contributed by atoms with Crippen molar-refractivity contribution in [3.63, 3.8) is 0 Å². The van der Waals surface area contributed by atoms with Crippen LogP contribution in [-0.4, -0.2) is 21.0 Å². The van der Waals surface area contributed by atoms with Crippen LogP contribution in [0.1, 0.15) is 39.3 Å². The van der Waals surface area contributed by atoms with Gasteiger partial charge in [0.1, 0.15) is 11.9 Å². The molecule has 25 heavy (non-hydrogen) atoms. The summed E-state index contributed by atoms with van der Waals surface area (Å²) in [4.78, 5) is 17.6. The number of hydrogen-bond acceptors (Lipinski definition) is 2. The SMILES string of the molecule is Cc1ccc(-c2nc3ccccc3n2C(C)C(=O)NC(C)(C)C)cc1. The molecule has 0 saturated carbocycles. The molecule has 1 heterocycles. The Labute approximate surface area is 148 Å². The lowest BCUT2D eigenvalue weighted by Gasteiger charge is -2.25. The van der Waals surface area contributed by atoms with Crippen molar-refractivity contribution in [2.45, 2.75) is 46.2 Å². The van der Waals surface area contributed by atoms with Crippen LogP contribution >= 0.6 is 0 Å². The Kier molecular flexibility index (Phi) is 4.38. The maximum atomic E-state index is 12.8. The Morgan fingerprint density at radius 1 is 1.08 bits per heavy atom. The Morgan fingerprint density at radius 3 is 2.36 bits per heavy atom. The van der Waals surface area contributed by atoms with E-state index in [4.69, 9.17) is 4.98 Å². The fraction of sp³-hybridized carbons (Fsp3) is 0.333. The van der Waals surface area contributed by atoms with E-state index in [1.165, 1.54) is 5.56 Å². The van der Waals surface area contributed by atoms with Crippen LogP contribution < -0.4 is 5.32 Å². The third-order valence-corrected chi connectivity index (χ3v) is 4.17. The molecule has 0 spiro atoms. The minimum absolute atomic E-state index is 0.0102. The summed E-state index contributed by atoms with van der Waals surface area (Å²) in [6, 6.07) is 15.8. The molecule has 0 fully saturated rings. The molecule has 3 rings (SSSR count). The summed E-state index contributed by atoms with van der Waals surface area (Å²) in [6.07, 6.45) is 0. The average Bonchev–Trinajstić information content (AvgIpc) is 2.92. The Hall–Kier alpha value is -2.62.